The molecule has 2 aromatic carbocycles. The Hall–Kier alpha value is -2.44. The van der Waals surface area contributed by atoms with Gasteiger partial charge in [-0.2, -0.15) is 5.26 Å². The highest BCUT2D eigenvalue weighted by atomic mass is 28.3. The molecule has 3 heteroatoms. The van der Waals surface area contributed by atoms with Crippen LogP contribution >= 0.6 is 0 Å². The van der Waals surface area contributed by atoms with Gasteiger partial charge in [0, 0.05) is 6.07 Å². The molecule has 0 aliphatic rings. The summed E-state index contributed by atoms with van der Waals surface area (Å²) in [4.78, 5) is 0. The van der Waals surface area contributed by atoms with E-state index in [9.17, 15) is 5.26 Å². The Bertz CT molecular complexity index is 1160. The van der Waals surface area contributed by atoms with Crippen molar-refractivity contribution in [1.29, 1.82) is 5.26 Å². The molecule has 0 radical (unpaired) electrons. The highest BCUT2D eigenvalue weighted by molar-refractivity contribution is 6.92. The number of rotatable bonds is 2. The van der Waals surface area contributed by atoms with E-state index in [2.05, 4.69) is 102 Å². The summed E-state index contributed by atoms with van der Waals surface area (Å²) in [6.45, 7) is 18.3. The van der Waals surface area contributed by atoms with Gasteiger partial charge in [-0.3, -0.25) is 0 Å². The third-order valence-electron chi connectivity index (χ3n) is 7.20. The van der Waals surface area contributed by atoms with Gasteiger partial charge in [-0.05, 0) is 60.0 Å². The van der Waals surface area contributed by atoms with Gasteiger partial charge in [0.15, 0.2) is 6.20 Å². The molecule has 0 aliphatic carbocycles. The largest absolute Gasteiger partial charge is 0.220 e. The fourth-order valence-electron chi connectivity index (χ4n) is 4.03. The lowest BCUT2D eigenvalue weighted by Crippen LogP contribution is -2.49. The van der Waals surface area contributed by atoms with Gasteiger partial charge in [0.05, 0.1) is 30.7 Å². The number of fused-ring (bicyclic) bond motifs is 1. The Morgan fingerprint density at radius 2 is 1.62 bits per heavy atom. The molecule has 0 spiro atoms. The second-order valence-corrected chi connectivity index (χ2v) is 15.3. The molecule has 0 saturated carbocycles. The minimum absolute atomic E-state index is 0.306. The number of nitrogens with zero attached hydrogens (tertiary/aromatic N) is 2. The monoisotopic (exact) mass is 401 g/mol. The van der Waals surface area contributed by atoms with Crippen LogP contribution in [0.3, 0.4) is 0 Å². The van der Waals surface area contributed by atoms with Crippen molar-refractivity contribution in [1.82, 2.24) is 0 Å². The summed E-state index contributed by atoms with van der Waals surface area (Å²) in [5, 5.41) is 13.9. The lowest BCUT2D eigenvalue weighted by molar-refractivity contribution is -0.659. The van der Waals surface area contributed by atoms with Crippen LogP contribution in [0.15, 0.2) is 36.5 Å². The molecule has 0 amide bonds. The highest BCUT2D eigenvalue weighted by Gasteiger charge is 2.37. The highest BCUT2D eigenvalue weighted by Crippen LogP contribution is 2.37. The van der Waals surface area contributed by atoms with Gasteiger partial charge >= 0.3 is 0 Å². The molecule has 2 nitrogen and oxygen atoms in total. The summed E-state index contributed by atoms with van der Waals surface area (Å²) in [5.41, 5.74) is 6.54. The van der Waals surface area contributed by atoms with Crippen molar-refractivity contribution in [3.05, 3.63) is 58.8 Å². The minimum Gasteiger partial charge on any atom is -0.200 e. The number of pyridine rings is 1. The summed E-state index contributed by atoms with van der Waals surface area (Å²) in [6.07, 6.45) is 2.16. The van der Waals surface area contributed by atoms with Crippen LogP contribution in [0.25, 0.3) is 22.0 Å². The van der Waals surface area contributed by atoms with Crippen molar-refractivity contribution >= 4 is 24.0 Å². The van der Waals surface area contributed by atoms with Crippen LogP contribution in [0.4, 0.5) is 0 Å². The van der Waals surface area contributed by atoms with E-state index in [0.717, 1.165) is 16.7 Å². The van der Waals surface area contributed by atoms with E-state index in [4.69, 9.17) is 0 Å². The molecule has 0 N–H and O–H groups in total. The molecule has 0 bridgehead atoms. The van der Waals surface area contributed by atoms with Crippen LogP contribution in [-0.2, 0) is 7.05 Å². The van der Waals surface area contributed by atoms with Crippen LogP contribution in [0, 0.1) is 32.1 Å². The Kier molecular flexibility index (Phi) is 5.22. The molecule has 1 heterocycles. The van der Waals surface area contributed by atoms with Crippen molar-refractivity contribution in [3.63, 3.8) is 0 Å². The van der Waals surface area contributed by atoms with E-state index in [-0.39, 0.29) is 0 Å². The van der Waals surface area contributed by atoms with Crippen LogP contribution in [0.1, 0.15) is 43.0 Å². The predicted octanol–water partition coefficient (Wildman–Crippen LogP) is 5.84. The lowest BCUT2D eigenvalue weighted by Gasteiger charge is -2.37. The third-order valence-corrected chi connectivity index (χ3v) is 12.7. The van der Waals surface area contributed by atoms with Gasteiger partial charge in [-0.25, -0.2) is 4.57 Å². The summed E-state index contributed by atoms with van der Waals surface area (Å²) < 4.78 is 2.21. The first kappa shape index (κ1) is 21.3. The number of nitriles is 1. The SMILES string of the molecule is Cc1cc(-c2c3ccc([Si](C)(C)C(C)(C)C)cc3cc[n+]2C)c(C)c(C)c1C#N. The van der Waals surface area contributed by atoms with Crippen molar-refractivity contribution in [3.8, 4) is 17.3 Å². The van der Waals surface area contributed by atoms with Gasteiger partial charge in [0.1, 0.15) is 7.05 Å². The zero-order valence-corrected chi connectivity index (χ0v) is 20.4. The lowest BCUT2D eigenvalue weighted by atomic mass is 9.91. The van der Waals surface area contributed by atoms with Gasteiger partial charge in [-0.15, -0.1) is 0 Å². The molecule has 0 atom stereocenters. The maximum Gasteiger partial charge on any atom is 0.220 e. The summed E-state index contributed by atoms with van der Waals surface area (Å²) in [5.74, 6) is 0. The van der Waals surface area contributed by atoms with Gasteiger partial charge in [0.2, 0.25) is 5.69 Å². The van der Waals surface area contributed by atoms with Crippen molar-refractivity contribution in [2.45, 2.75) is 59.7 Å². The van der Waals surface area contributed by atoms with Gasteiger partial charge < -0.3 is 0 Å². The van der Waals surface area contributed by atoms with E-state index >= 15 is 0 Å². The number of benzene rings is 2. The van der Waals surface area contributed by atoms with Crippen LogP contribution in [-0.4, -0.2) is 8.07 Å². The van der Waals surface area contributed by atoms with Crippen LogP contribution < -0.4 is 9.75 Å². The normalized spacial score (nSPS) is 12.3. The Labute approximate surface area is 176 Å². The average molecular weight is 402 g/mol. The first-order valence-electron chi connectivity index (χ1n) is 10.3. The molecule has 0 unspecified atom stereocenters. The van der Waals surface area contributed by atoms with Crippen LogP contribution in [0.5, 0.6) is 0 Å². The van der Waals surface area contributed by atoms with Crippen molar-refractivity contribution in [2.24, 2.45) is 7.05 Å². The smallest absolute Gasteiger partial charge is 0.200 e. The van der Waals surface area contributed by atoms with Crippen molar-refractivity contribution < 1.29 is 4.57 Å². The fraction of sp³-hybridized carbons (Fsp3) is 0.385. The quantitative estimate of drug-likeness (QED) is 0.391. The van der Waals surface area contributed by atoms with Gasteiger partial charge in [0.25, 0.3) is 0 Å². The molecule has 3 aromatic rings. The Balaban J connectivity index is 2.32. The number of hydrogen-bond acceptors (Lipinski definition) is 1. The summed E-state index contributed by atoms with van der Waals surface area (Å²) >= 11 is 0. The number of hydrogen-bond donors (Lipinski definition) is 0. The molecular formula is C26H33N2Si+. The topological polar surface area (TPSA) is 27.7 Å². The second-order valence-electron chi connectivity index (χ2n) is 9.93. The molecular weight excluding hydrogens is 368 g/mol. The second kappa shape index (κ2) is 7.11. The Morgan fingerprint density at radius 3 is 2.21 bits per heavy atom. The average Bonchev–Trinajstić information content (AvgIpc) is 2.64. The van der Waals surface area contributed by atoms with E-state index in [1.54, 1.807) is 0 Å². The molecule has 0 saturated heterocycles. The standard InChI is InChI=1S/C26H33N2Si/c1-17-14-23(18(2)19(3)24(17)16-27)25-22-11-10-21(29(8,9)26(4,5)6)15-20(22)12-13-28(25)7/h10-15H,1-9H3/q+1. The van der Waals surface area contributed by atoms with E-state index < -0.39 is 8.07 Å². The molecule has 0 aliphatic heterocycles. The van der Waals surface area contributed by atoms with E-state index in [0.29, 0.717) is 5.04 Å². The molecule has 150 valence electrons. The van der Waals surface area contributed by atoms with Crippen molar-refractivity contribution in [2.75, 3.05) is 0 Å². The molecule has 3 rings (SSSR count). The third kappa shape index (κ3) is 3.40. The van der Waals surface area contributed by atoms with Gasteiger partial charge in [-0.1, -0.05) is 51.2 Å². The Morgan fingerprint density at radius 1 is 0.966 bits per heavy atom. The maximum absolute atomic E-state index is 9.53. The summed E-state index contributed by atoms with van der Waals surface area (Å²) in [6, 6.07) is 13.8. The molecule has 0 fully saturated rings. The predicted molar refractivity (Wildman–Crippen MR) is 126 cm³/mol. The first-order valence-corrected chi connectivity index (χ1v) is 13.3. The number of aromatic nitrogens is 1. The zero-order valence-electron chi connectivity index (χ0n) is 19.4. The first-order chi connectivity index (χ1) is 13.4. The fourth-order valence-corrected chi connectivity index (χ4v) is 5.91. The maximum atomic E-state index is 9.53. The molecule has 1 aromatic heterocycles. The number of aryl methyl sites for hydroxylation is 2. The van der Waals surface area contributed by atoms with Crippen LogP contribution in [0.2, 0.25) is 18.1 Å². The zero-order chi connectivity index (χ0) is 21.7. The van der Waals surface area contributed by atoms with E-state index in [1.807, 2.05) is 6.92 Å². The van der Waals surface area contributed by atoms with E-state index in [1.165, 1.54) is 32.8 Å². The molecule has 29 heavy (non-hydrogen) atoms. The minimum atomic E-state index is -1.59. The summed E-state index contributed by atoms with van der Waals surface area (Å²) in [7, 11) is 0.517.